The highest BCUT2D eigenvalue weighted by Gasteiger charge is 2.36. The van der Waals surface area contributed by atoms with E-state index in [4.69, 9.17) is 17.5 Å². The molecule has 4 aromatic heterocycles. The molecule has 0 amide bonds. The largest absolute Gasteiger partial charge is 0.394 e. The normalized spacial score (nSPS) is 20.7. The molecule has 18 nitrogen and oxygen atoms in total. The van der Waals surface area contributed by atoms with Gasteiger partial charge in [0.2, 0.25) is 20.0 Å². The smallest absolute Gasteiger partial charge is 0.356 e. The van der Waals surface area contributed by atoms with Crippen molar-refractivity contribution in [3.05, 3.63) is 37.2 Å². The van der Waals surface area contributed by atoms with Gasteiger partial charge in [0.05, 0.1) is 22.3 Å². The third-order valence-electron chi connectivity index (χ3n) is 8.29. The lowest BCUT2D eigenvalue weighted by molar-refractivity contribution is 0.316. The molecule has 0 bridgehead atoms. The molecule has 0 saturated heterocycles. The van der Waals surface area contributed by atoms with Crippen LogP contribution in [-0.4, -0.2) is 114 Å². The van der Waals surface area contributed by atoms with Crippen molar-refractivity contribution in [1.29, 1.82) is 0 Å². The molecule has 2 fully saturated rings. The summed E-state index contributed by atoms with van der Waals surface area (Å²) in [6, 6.07) is 4.58. The Hall–Kier alpha value is -3.47. The Balaban J connectivity index is 0.000000194. The predicted octanol–water partition coefficient (Wildman–Crippen LogP) is 1.86. The van der Waals surface area contributed by atoms with Gasteiger partial charge in [0, 0.05) is 50.7 Å². The van der Waals surface area contributed by atoms with Gasteiger partial charge in [0.25, 0.3) is 0 Å². The molecule has 272 valence electrons. The number of aromatic amines is 2. The summed E-state index contributed by atoms with van der Waals surface area (Å²) in [5, 5.41) is 1.97. The first-order chi connectivity index (χ1) is 23.0. The van der Waals surface area contributed by atoms with Crippen LogP contribution >= 0.6 is 0 Å². The third kappa shape index (κ3) is 10.8. The number of hydrogen-bond acceptors (Lipinski definition) is 12. The molecule has 0 unspecified atom stereocenters. The number of H-pyrrole nitrogens is 2. The second-order valence-electron chi connectivity index (χ2n) is 12.1. The number of hydrogen-bond donors (Lipinski definition) is 6. The Bertz CT molecular complexity index is 1870. The van der Waals surface area contributed by atoms with Crippen LogP contribution < -0.4 is 19.2 Å². The summed E-state index contributed by atoms with van der Waals surface area (Å²) in [4.78, 5) is 27.5. The molecule has 4 aromatic rings. The maximum atomic E-state index is 11.8. The van der Waals surface area contributed by atoms with Crippen LogP contribution in [-0.2, 0) is 30.4 Å². The van der Waals surface area contributed by atoms with Gasteiger partial charge in [-0.3, -0.25) is 9.11 Å². The van der Waals surface area contributed by atoms with Gasteiger partial charge in [0.1, 0.15) is 35.6 Å². The topological polar surface area (TPSA) is 257 Å². The van der Waals surface area contributed by atoms with E-state index in [0.717, 1.165) is 59.4 Å². The van der Waals surface area contributed by atoms with Crippen LogP contribution in [0.25, 0.3) is 22.1 Å². The summed E-state index contributed by atoms with van der Waals surface area (Å²) in [6.45, 7) is 3.74. The second-order valence-corrected chi connectivity index (χ2v) is 16.7. The zero-order chi connectivity index (χ0) is 36.0. The maximum absolute atomic E-state index is 11.8. The fourth-order valence-corrected chi connectivity index (χ4v) is 8.50. The first-order valence-electron chi connectivity index (χ1n) is 15.7. The van der Waals surface area contributed by atoms with E-state index in [1.54, 1.807) is 12.7 Å². The number of aromatic nitrogens is 6. The molecule has 6 rings (SSSR count). The Morgan fingerprint density at radius 2 is 1.04 bits per heavy atom. The van der Waals surface area contributed by atoms with Crippen LogP contribution in [0, 0.1) is 0 Å². The average Bonchev–Trinajstić information content (AvgIpc) is 3.65. The van der Waals surface area contributed by atoms with Gasteiger partial charge in [-0.2, -0.15) is 8.42 Å². The number of nitrogens with zero attached hydrogens (tertiary/aromatic N) is 6. The van der Waals surface area contributed by atoms with E-state index in [9.17, 15) is 16.8 Å². The van der Waals surface area contributed by atoms with Crippen LogP contribution in [0.15, 0.2) is 37.2 Å². The number of nitrogens with one attached hydrogen (secondary N) is 4. The van der Waals surface area contributed by atoms with E-state index in [1.807, 2.05) is 52.5 Å². The van der Waals surface area contributed by atoms with Crippen molar-refractivity contribution in [2.24, 2.45) is 0 Å². The Morgan fingerprint density at radius 3 is 1.37 bits per heavy atom. The van der Waals surface area contributed by atoms with Crippen LogP contribution in [0.5, 0.6) is 0 Å². The highest BCUT2D eigenvalue weighted by molar-refractivity contribution is 7.89. The lowest BCUT2D eigenvalue weighted by Crippen LogP contribution is -2.53. The van der Waals surface area contributed by atoms with Crippen molar-refractivity contribution in [3.8, 4) is 0 Å². The highest BCUT2D eigenvalue weighted by atomic mass is 32.3. The maximum Gasteiger partial charge on any atom is 0.394 e. The number of sulfonamides is 2. The van der Waals surface area contributed by atoms with Gasteiger partial charge in [-0.15, -0.1) is 0 Å². The zero-order valence-electron chi connectivity index (χ0n) is 27.7. The van der Waals surface area contributed by atoms with Gasteiger partial charge < -0.3 is 19.8 Å². The first-order valence-corrected chi connectivity index (χ1v) is 20.4. The molecule has 0 radical (unpaired) electrons. The van der Waals surface area contributed by atoms with Crippen molar-refractivity contribution in [1.82, 2.24) is 39.3 Å². The summed E-state index contributed by atoms with van der Waals surface area (Å²) in [5.41, 5.74) is 1.63. The quantitative estimate of drug-likeness (QED) is 0.113. The molecular weight excluding hydrogens is 701 g/mol. The molecule has 2 aliphatic carbocycles. The third-order valence-corrected chi connectivity index (χ3v) is 11.6. The molecule has 2 aliphatic rings. The monoisotopic (exact) mass is 744 g/mol. The molecule has 0 spiro atoms. The van der Waals surface area contributed by atoms with E-state index in [2.05, 4.69) is 49.1 Å². The van der Waals surface area contributed by atoms with Crippen molar-refractivity contribution in [3.63, 3.8) is 0 Å². The molecule has 0 aliphatic heterocycles. The van der Waals surface area contributed by atoms with Crippen LogP contribution in [0.3, 0.4) is 0 Å². The summed E-state index contributed by atoms with van der Waals surface area (Å²) in [7, 11) is -6.93. The van der Waals surface area contributed by atoms with Gasteiger partial charge in [-0.1, -0.05) is 13.8 Å². The molecule has 0 aromatic carbocycles. The molecule has 49 heavy (non-hydrogen) atoms. The lowest BCUT2D eigenvalue weighted by atomic mass is 9.86. The highest BCUT2D eigenvalue weighted by Crippen LogP contribution is 2.32. The van der Waals surface area contributed by atoms with Crippen LogP contribution in [0.1, 0.15) is 52.4 Å². The SMILES string of the molecule is CCCS(=O)(=O)NC1CC(N(C)c2ncnc3[nH]ccc23)C1.CCCS(=O)(=O)NC1CC(N(C)c2ncnc3[nH]ccc23)C1.O=S(=O)(O)O. The van der Waals surface area contributed by atoms with Crippen molar-refractivity contribution in [2.45, 2.75) is 76.5 Å². The van der Waals surface area contributed by atoms with Gasteiger partial charge in [-0.05, 0) is 50.7 Å². The summed E-state index contributed by atoms with van der Waals surface area (Å²) in [6.07, 6.45) is 11.3. The Kier molecular flexibility index (Phi) is 12.5. The fraction of sp³-hybridized carbons (Fsp3) is 0.571. The minimum Gasteiger partial charge on any atom is -0.356 e. The molecule has 6 N–H and O–H groups in total. The van der Waals surface area contributed by atoms with Crippen molar-refractivity contribution < 1.29 is 34.4 Å². The minimum atomic E-state index is -4.67. The summed E-state index contributed by atoms with van der Waals surface area (Å²) < 4.78 is 84.2. The van der Waals surface area contributed by atoms with Gasteiger partial charge in [-0.25, -0.2) is 46.2 Å². The standard InChI is InChI=1S/2C14H21N5O2S.H2O4S/c2*1-3-6-22(20,21)18-10-7-11(8-10)19(2)14-12-4-5-15-13(12)16-9-17-14;1-5(2,3)4/h2*4-5,9-11,18H,3,6-8H2,1-2H3,(H,15,16,17);(H2,1,2,3,4). The summed E-state index contributed by atoms with van der Waals surface area (Å²) in [5.74, 6) is 2.15. The molecular formula is C28H44N10O8S3. The molecule has 21 heteroatoms. The fourth-order valence-electron chi connectivity index (χ4n) is 5.79. The Morgan fingerprint density at radius 1 is 0.694 bits per heavy atom. The second kappa shape index (κ2) is 16.0. The van der Waals surface area contributed by atoms with Gasteiger partial charge >= 0.3 is 10.4 Å². The Labute approximate surface area is 286 Å². The first kappa shape index (κ1) is 38.3. The molecule has 0 atom stereocenters. The van der Waals surface area contributed by atoms with Crippen LogP contribution in [0.4, 0.5) is 11.6 Å². The molecule has 2 saturated carbocycles. The van der Waals surface area contributed by atoms with Crippen LogP contribution in [0.2, 0.25) is 0 Å². The van der Waals surface area contributed by atoms with Crippen molar-refractivity contribution >= 4 is 64.1 Å². The van der Waals surface area contributed by atoms with E-state index in [-0.39, 0.29) is 23.6 Å². The van der Waals surface area contributed by atoms with E-state index >= 15 is 0 Å². The minimum absolute atomic E-state index is 0.0348. The number of fused-ring (bicyclic) bond motifs is 2. The lowest BCUT2D eigenvalue weighted by Gasteiger charge is -2.41. The summed E-state index contributed by atoms with van der Waals surface area (Å²) >= 11 is 0. The van der Waals surface area contributed by atoms with E-state index in [0.29, 0.717) is 24.9 Å². The van der Waals surface area contributed by atoms with E-state index < -0.39 is 30.4 Å². The van der Waals surface area contributed by atoms with Gasteiger partial charge in [0.15, 0.2) is 0 Å². The van der Waals surface area contributed by atoms with Crippen molar-refractivity contribution in [2.75, 3.05) is 35.4 Å². The predicted molar refractivity (Wildman–Crippen MR) is 187 cm³/mol. The van der Waals surface area contributed by atoms with E-state index in [1.165, 1.54) is 0 Å². The number of anilines is 2. The number of rotatable bonds is 12. The average molecular weight is 745 g/mol. The molecule has 4 heterocycles. The zero-order valence-corrected chi connectivity index (χ0v) is 30.1.